The average molecular weight is 253 g/mol. The summed E-state index contributed by atoms with van der Waals surface area (Å²) >= 11 is 0. The molecule has 0 aromatic heterocycles. The fourth-order valence-corrected chi connectivity index (χ4v) is 3.13. The second kappa shape index (κ2) is 6.21. The minimum Gasteiger partial charge on any atom is -0.481 e. The van der Waals surface area contributed by atoms with E-state index in [1.165, 1.54) is 25.7 Å². The molecule has 2 aliphatic rings. The summed E-state index contributed by atoms with van der Waals surface area (Å²) in [5.41, 5.74) is 0. The Morgan fingerprint density at radius 2 is 1.39 bits per heavy atom. The zero-order valence-electron chi connectivity index (χ0n) is 10.9. The highest BCUT2D eigenvalue weighted by atomic mass is 16.4. The highest BCUT2D eigenvalue weighted by molar-refractivity contribution is 5.79. The predicted molar refractivity (Wildman–Crippen MR) is 68.1 cm³/mol. The van der Waals surface area contributed by atoms with Gasteiger partial charge in [-0.05, 0) is 25.7 Å². The smallest absolute Gasteiger partial charge is 0.306 e. The molecule has 1 N–H and O–H groups in total. The zero-order valence-corrected chi connectivity index (χ0v) is 10.9. The third kappa shape index (κ3) is 3.24. The van der Waals surface area contributed by atoms with Gasteiger partial charge in [0.15, 0.2) is 0 Å². The number of rotatable bonds is 2. The molecule has 0 atom stereocenters. The minimum atomic E-state index is -0.712. The van der Waals surface area contributed by atoms with E-state index in [0.29, 0.717) is 25.9 Å². The number of hydrogen-bond acceptors (Lipinski definition) is 2. The van der Waals surface area contributed by atoms with Crippen LogP contribution >= 0.6 is 0 Å². The van der Waals surface area contributed by atoms with Gasteiger partial charge in [0, 0.05) is 19.0 Å². The summed E-state index contributed by atoms with van der Waals surface area (Å²) in [5, 5.41) is 8.95. The maximum absolute atomic E-state index is 12.4. The van der Waals surface area contributed by atoms with Gasteiger partial charge in [-0.15, -0.1) is 0 Å². The number of piperidine rings is 1. The number of hydrogen-bond donors (Lipinski definition) is 1. The van der Waals surface area contributed by atoms with Gasteiger partial charge < -0.3 is 10.0 Å². The number of carbonyl (C=O) groups excluding carboxylic acids is 1. The first kappa shape index (κ1) is 13.4. The van der Waals surface area contributed by atoms with E-state index in [9.17, 15) is 9.59 Å². The van der Waals surface area contributed by atoms with Crippen LogP contribution in [0.3, 0.4) is 0 Å². The van der Waals surface area contributed by atoms with Crippen molar-refractivity contribution in [3.05, 3.63) is 0 Å². The molecule has 1 amide bonds. The molecule has 1 aliphatic carbocycles. The van der Waals surface area contributed by atoms with E-state index in [-0.39, 0.29) is 17.7 Å². The lowest BCUT2D eigenvalue weighted by molar-refractivity contribution is -0.146. The van der Waals surface area contributed by atoms with Gasteiger partial charge in [0.1, 0.15) is 0 Å². The van der Waals surface area contributed by atoms with Crippen molar-refractivity contribution < 1.29 is 14.7 Å². The fraction of sp³-hybridized carbons (Fsp3) is 0.857. The monoisotopic (exact) mass is 253 g/mol. The molecule has 0 aromatic rings. The molecular weight excluding hydrogens is 230 g/mol. The Hall–Kier alpha value is -1.06. The van der Waals surface area contributed by atoms with Crippen molar-refractivity contribution >= 4 is 11.9 Å². The summed E-state index contributed by atoms with van der Waals surface area (Å²) in [4.78, 5) is 25.1. The van der Waals surface area contributed by atoms with Crippen molar-refractivity contribution in [3.63, 3.8) is 0 Å². The molecule has 1 saturated heterocycles. The number of likely N-dealkylation sites (tertiary alicyclic amines) is 1. The summed E-state index contributed by atoms with van der Waals surface area (Å²) in [6.07, 6.45) is 8.14. The molecule has 2 fully saturated rings. The summed E-state index contributed by atoms with van der Waals surface area (Å²) < 4.78 is 0. The molecular formula is C14H23NO3. The zero-order chi connectivity index (χ0) is 13.0. The van der Waals surface area contributed by atoms with Crippen molar-refractivity contribution in [1.82, 2.24) is 4.90 Å². The van der Waals surface area contributed by atoms with Gasteiger partial charge in [0.25, 0.3) is 0 Å². The van der Waals surface area contributed by atoms with Crippen LogP contribution in [0.1, 0.15) is 51.4 Å². The topological polar surface area (TPSA) is 57.6 Å². The van der Waals surface area contributed by atoms with E-state index < -0.39 is 5.97 Å². The summed E-state index contributed by atoms with van der Waals surface area (Å²) in [5.74, 6) is -0.477. The van der Waals surface area contributed by atoms with Crippen molar-refractivity contribution in [2.24, 2.45) is 11.8 Å². The van der Waals surface area contributed by atoms with Crippen molar-refractivity contribution in [2.75, 3.05) is 13.1 Å². The molecule has 0 aromatic carbocycles. The van der Waals surface area contributed by atoms with Gasteiger partial charge in [-0.1, -0.05) is 25.7 Å². The maximum atomic E-state index is 12.4. The second-order valence-corrected chi connectivity index (χ2v) is 5.63. The molecule has 4 heteroatoms. The normalized spacial score (nSPS) is 23.7. The molecule has 1 heterocycles. The van der Waals surface area contributed by atoms with Gasteiger partial charge in [-0.3, -0.25) is 9.59 Å². The Morgan fingerprint density at radius 1 is 0.833 bits per heavy atom. The summed E-state index contributed by atoms with van der Waals surface area (Å²) in [6.45, 7) is 1.26. The first-order chi connectivity index (χ1) is 8.68. The second-order valence-electron chi connectivity index (χ2n) is 5.63. The third-order valence-electron chi connectivity index (χ3n) is 4.36. The quantitative estimate of drug-likeness (QED) is 0.768. The van der Waals surface area contributed by atoms with Crippen molar-refractivity contribution in [2.45, 2.75) is 51.4 Å². The number of nitrogens with zero attached hydrogens (tertiary/aromatic N) is 1. The Bertz CT molecular complexity index is 300. The highest BCUT2D eigenvalue weighted by Gasteiger charge is 2.30. The summed E-state index contributed by atoms with van der Waals surface area (Å²) in [6, 6.07) is 0. The molecule has 0 unspecified atom stereocenters. The van der Waals surface area contributed by atoms with Crippen LogP contribution in [0.5, 0.6) is 0 Å². The number of carbonyl (C=O) groups is 2. The molecule has 0 radical (unpaired) electrons. The van der Waals surface area contributed by atoms with E-state index in [2.05, 4.69) is 0 Å². The lowest BCUT2D eigenvalue weighted by Gasteiger charge is -2.32. The van der Waals surface area contributed by atoms with Crippen LogP contribution in [0.4, 0.5) is 0 Å². The number of aliphatic carboxylic acids is 1. The number of carboxylic acids is 1. The molecule has 1 saturated carbocycles. The van der Waals surface area contributed by atoms with Crippen LogP contribution < -0.4 is 0 Å². The van der Waals surface area contributed by atoms with Gasteiger partial charge >= 0.3 is 5.97 Å². The van der Waals surface area contributed by atoms with E-state index >= 15 is 0 Å². The molecule has 18 heavy (non-hydrogen) atoms. The maximum Gasteiger partial charge on any atom is 0.306 e. The Kier molecular flexibility index (Phi) is 4.61. The van der Waals surface area contributed by atoms with E-state index in [0.717, 1.165) is 12.8 Å². The molecule has 1 aliphatic heterocycles. The van der Waals surface area contributed by atoms with Crippen molar-refractivity contribution in [1.29, 1.82) is 0 Å². The lowest BCUT2D eigenvalue weighted by atomic mass is 9.93. The van der Waals surface area contributed by atoms with Gasteiger partial charge in [0.2, 0.25) is 5.91 Å². The molecule has 0 bridgehead atoms. The fourth-order valence-electron chi connectivity index (χ4n) is 3.13. The van der Waals surface area contributed by atoms with E-state index in [1.807, 2.05) is 4.90 Å². The van der Waals surface area contributed by atoms with Gasteiger partial charge in [-0.25, -0.2) is 0 Å². The molecule has 102 valence electrons. The van der Waals surface area contributed by atoms with Crippen LogP contribution in [0.25, 0.3) is 0 Å². The standard InChI is InChI=1S/C14H23NO3/c16-13(11-5-3-1-2-4-6-11)15-9-7-12(8-10-15)14(17)18/h11-12H,1-10H2,(H,17,18). The van der Waals surface area contributed by atoms with Gasteiger partial charge in [-0.2, -0.15) is 0 Å². The third-order valence-corrected chi connectivity index (χ3v) is 4.36. The average Bonchev–Trinajstić information content (AvgIpc) is 2.67. The van der Waals surface area contributed by atoms with E-state index in [1.54, 1.807) is 0 Å². The van der Waals surface area contributed by atoms with Gasteiger partial charge in [0.05, 0.1) is 5.92 Å². The highest BCUT2D eigenvalue weighted by Crippen LogP contribution is 2.26. The Balaban J connectivity index is 1.84. The van der Waals surface area contributed by atoms with Crippen LogP contribution in [0, 0.1) is 11.8 Å². The first-order valence-corrected chi connectivity index (χ1v) is 7.20. The molecule has 4 nitrogen and oxygen atoms in total. The van der Waals surface area contributed by atoms with E-state index in [4.69, 9.17) is 5.11 Å². The van der Waals surface area contributed by atoms with Crippen molar-refractivity contribution in [3.8, 4) is 0 Å². The largest absolute Gasteiger partial charge is 0.481 e. The molecule has 0 spiro atoms. The predicted octanol–water partition coefficient (Wildman–Crippen LogP) is 2.28. The van der Waals surface area contributed by atoms with Crippen LogP contribution in [0.15, 0.2) is 0 Å². The Labute approximate surface area is 108 Å². The SMILES string of the molecule is O=C(O)C1CCN(C(=O)C2CCCCCC2)CC1. The van der Waals surface area contributed by atoms with Crippen LogP contribution in [-0.4, -0.2) is 35.0 Å². The molecule has 2 rings (SSSR count). The summed E-state index contributed by atoms with van der Waals surface area (Å²) in [7, 11) is 0. The van der Waals surface area contributed by atoms with Crippen LogP contribution in [-0.2, 0) is 9.59 Å². The number of carboxylic acid groups (broad SMARTS) is 1. The van der Waals surface area contributed by atoms with Crippen LogP contribution in [0.2, 0.25) is 0 Å². The first-order valence-electron chi connectivity index (χ1n) is 7.20. The minimum absolute atomic E-state index is 0.203. The number of amides is 1. The Morgan fingerprint density at radius 3 is 1.89 bits per heavy atom. The lowest BCUT2D eigenvalue weighted by Crippen LogP contribution is -2.43.